The van der Waals surface area contributed by atoms with Crippen molar-refractivity contribution in [1.29, 1.82) is 0 Å². The van der Waals surface area contributed by atoms with Gasteiger partial charge in [0.05, 0.1) is 5.56 Å². The molecule has 0 aliphatic heterocycles. The lowest BCUT2D eigenvalue weighted by atomic mass is 9.86. The van der Waals surface area contributed by atoms with Crippen molar-refractivity contribution in [3.63, 3.8) is 0 Å². The molecule has 1 saturated carbocycles. The summed E-state index contributed by atoms with van der Waals surface area (Å²) in [5, 5.41) is 7.94. The maximum Gasteiger partial charge on any atom is 0.321 e. The van der Waals surface area contributed by atoms with Gasteiger partial charge in [-0.1, -0.05) is 50.1 Å². The first-order chi connectivity index (χ1) is 14.5. The van der Waals surface area contributed by atoms with Crippen molar-refractivity contribution in [2.45, 2.75) is 38.6 Å². The van der Waals surface area contributed by atoms with Crippen LogP contribution in [0.3, 0.4) is 0 Å². The molecular formula is C23H27N3O4. The number of urea groups is 1. The third kappa shape index (κ3) is 6.07. The second-order valence-electron chi connectivity index (χ2n) is 7.49. The quantitative estimate of drug-likeness (QED) is 0.677. The van der Waals surface area contributed by atoms with Crippen LogP contribution in [0.1, 0.15) is 43.0 Å². The summed E-state index contributed by atoms with van der Waals surface area (Å²) < 4.78 is 5.52. The van der Waals surface area contributed by atoms with Crippen molar-refractivity contribution in [2.75, 3.05) is 11.9 Å². The van der Waals surface area contributed by atoms with E-state index in [1.165, 1.54) is 6.42 Å². The monoisotopic (exact) mass is 409 g/mol. The van der Waals surface area contributed by atoms with Crippen LogP contribution < -0.4 is 20.7 Å². The Bertz CT molecular complexity index is 885. The Hall–Kier alpha value is -3.35. The molecule has 3 rings (SSSR count). The predicted octanol–water partition coefficient (Wildman–Crippen LogP) is 3.72. The van der Waals surface area contributed by atoms with Crippen molar-refractivity contribution < 1.29 is 19.1 Å². The second kappa shape index (κ2) is 10.4. The summed E-state index contributed by atoms with van der Waals surface area (Å²) in [6.45, 7) is 1.73. The first-order valence-electron chi connectivity index (χ1n) is 10.2. The molecule has 0 unspecified atom stereocenters. The number of anilines is 1. The van der Waals surface area contributed by atoms with Crippen molar-refractivity contribution in [3.05, 3.63) is 60.2 Å². The standard InChI is InChI=1S/C23H27N3O4/c1-16-9-5-7-13-19(16)25-23(29)26-21(27)15-30-20-14-8-6-12-18(20)22(28)24-17-10-3-2-4-11-17/h2-4,6,8,10-12,14,16,19H,5,7,9,13,15H2,1H3,(H,24,28)(H2,25,26,27,29)/t16-,19+/m1/s1. The predicted molar refractivity (Wildman–Crippen MR) is 114 cm³/mol. The first-order valence-corrected chi connectivity index (χ1v) is 10.2. The average molecular weight is 409 g/mol. The topological polar surface area (TPSA) is 96.5 Å². The maximum absolute atomic E-state index is 12.6. The van der Waals surface area contributed by atoms with E-state index in [1.807, 2.05) is 18.2 Å². The molecule has 4 amide bonds. The summed E-state index contributed by atoms with van der Waals surface area (Å²) in [4.78, 5) is 36.8. The lowest BCUT2D eigenvalue weighted by Crippen LogP contribution is -2.48. The lowest BCUT2D eigenvalue weighted by Gasteiger charge is -2.29. The zero-order chi connectivity index (χ0) is 21.3. The van der Waals surface area contributed by atoms with Crippen LogP contribution in [0, 0.1) is 5.92 Å². The molecule has 0 bridgehead atoms. The van der Waals surface area contributed by atoms with Crippen molar-refractivity contribution in [1.82, 2.24) is 10.6 Å². The van der Waals surface area contributed by atoms with Gasteiger partial charge in [-0.05, 0) is 43.0 Å². The molecular weight excluding hydrogens is 382 g/mol. The van der Waals surface area contributed by atoms with Gasteiger partial charge in [0.25, 0.3) is 11.8 Å². The Morgan fingerprint density at radius 2 is 1.67 bits per heavy atom. The molecule has 0 saturated heterocycles. The highest BCUT2D eigenvalue weighted by atomic mass is 16.5. The molecule has 2 aromatic rings. The van der Waals surface area contributed by atoms with Gasteiger partial charge in [0.1, 0.15) is 5.75 Å². The minimum Gasteiger partial charge on any atom is -0.483 e. The Kier molecular flexibility index (Phi) is 7.43. The zero-order valence-corrected chi connectivity index (χ0v) is 17.0. The van der Waals surface area contributed by atoms with Gasteiger partial charge in [-0.15, -0.1) is 0 Å². The third-order valence-corrected chi connectivity index (χ3v) is 5.20. The highest BCUT2D eigenvalue weighted by Gasteiger charge is 2.23. The van der Waals surface area contributed by atoms with E-state index in [-0.39, 0.29) is 24.3 Å². The third-order valence-electron chi connectivity index (χ3n) is 5.20. The number of amides is 4. The molecule has 2 aromatic carbocycles. The summed E-state index contributed by atoms with van der Waals surface area (Å²) in [6.07, 6.45) is 4.24. The van der Waals surface area contributed by atoms with E-state index in [2.05, 4.69) is 22.9 Å². The Morgan fingerprint density at radius 1 is 0.967 bits per heavy atom. The average Bonchev–Trinajstić information content (AvgIpc) is 2.75. The van der Waals surface area contributed by atoms with E-state index < -0.39 is 11.9 Å². The largest absolute Gasteiger partial charge is 0.483 e. The molecule has 7 heteroatoms. The van der Waals surface area contributed by atoms with Crippen LogP contribution >= 0.6 is 0 Å². The fraction of sp³-hybridized carbons (Fsp3) is 0.348. The Balaban J connectivity index is 1.52. The summed E-state index contributed by atoms with van der Waals surface area (Å²) in [7, 11) is 0. The van der Waals surface area contributed by atoms with Gasteiger partial charge in [-0.3, -0.25) is 14.9 Å². The molecule has 0 heterocycles. The molecule has 1 aliphatic rings. The van der Waals surface area contributed by atoms with Crippen LogP contribution in [0.4, 0.5) is 10.5 Å². The number of carbonyl (C=O) groups excluding carboxylic acids is 3. The number of benzene rings is 2. The fourth-order valence-corrected chi connectivity index (χ4v) is 3.54. The van der Waals surface area contributed by atoms with E-state index in [1.54, 1.807) is 36.4 Å². The van der Waals surface area contributed by atoms with Crippen LogP contribution in [0.25, 0.3) is 0 Å². The van der Waals surface area contributed by atoms with Crippen LogP contribution in [0.5, 0.6) is 5.75 Å². The number of hydrogen-bond donors (Lipinski definition) is 3. The first kappa shape index (κ1) is 21.4. The van der Waals surface area contributed by atoms with E-state index in [9.17, 15) is 14.4 Å². The Labute approximate surface area is 176 Å². The van der Waals surface area contributed by atoms with E-state index in [4.69, 9.17) is 4.74 Å². The van der Waals surface area contributed by atoms with Gasteiger partial charge in [0.2, 0.25) is 0 Å². The number of nitrogens with one attached hydrogen (secondary N) is 3. The summed E-state index contributed by atoms with van der Waals surface area (Å²) in [5.41, 5.74) is 0.957. The fourth-order valence-electron chi connectivity index (χ4n) is 3.54. The molecule has 0 spiro atoms. The minimum absolute atomic E-state index is 0.0786. The molecule has 1 aliphatic carbocycles. The normalized spacial score (nSPS) is 18.2. The summed E-state index contributed by atoms with van der Waals surface area (Å²) >= 11 is 0. The number of imide groups is 1. The van der Waals surface area contributed by atoms with E-state index >= 15 is 0 Å². The van der Waals surface area contributed by atoms with Gasteiger partial charge in [-0.25, -0.2) is 4.79 Å². The molecule has 7 nitrogen and oxygen atoms in total. The molecule has 1 fully saturated rings. The van der Waals surface area contributed by atoms with Crippen LogP contribution in [0.15, 0.2) is 54.6 Å². The van der Waals surface area contributed by atoms with E-state index in [0.29, 0.717) is 17.2 Å². The van der Waals surface area contributed by atoms with Gasteiger partial charge in [0, 0.05) is 11.7 Å². The summed E-state index contributed by atoms with van der Waals surface area (Å²) in [5.74, 6) is -0.260. The molecule has 3 N–H and O–H groups in total. The molecule has 30 heavy (non-hydrogen) atoms. The summed E-state index contributed by atoms with van der Waals surface area (Å²) in [6, 6.07) is 15.3. The zero-order valence-electron chi connectivity index (χ0n) is 17.0. The molecule has 2 atom stereocenters. The smallest absolute Gasteiger partial charge is 0.321 e. The molecule has 0 aromatic heterocycles. The van der Waals surface area contributed by atoms with Gasteiger partial charge in [0.15, 0.2) is 6.61 Å². The van der Waals surface area contributed by atoms with E-state index in [0.717, 1.165) is 19.3 Å². The van der Waals surface area contributed by atoms with Crippen LogP contribution in [-0.4, -0.2) is 30.5 Å². The van der Waals surface area contributed by atoms with Gasteiger partial charge < -0.3 is 15.4 Å². The minimum atomic E-state index is -0.575. The lowest BCUT2D eigenvalue weighted by molar-refractivity contribution is -0.122. The van der Waals surface area contributed by atoms with Crippen LogP contribution in [-0.2, 0) is 4.79 Å². The second-order valence-corrected chi connectivity index (χ2v) is 7.49. The SMILES string of the molecule is C[C@@H]1CCCC[C@@H]1NC(=O)NC(=O)COc1ccccc1C(=O)Nc1ccccc1. The number of hydrogen-bond acceptors (Lipinski definition) is 4. The highest BCUT2D eigenvalue weighted by molar-refractivity contribution is 6.06. The van der Waals surface area contributed by atoms with Crippen molar-refractivity contribution in [2.24, 2.45) is 5.92 Å². The van der Waals surface area contributed by atoms with Crippen molar-refractivity contribution >= 4 is 23.5 Å². The molecule has 158 valence electrons. The van der Waals surface area contributed by atoms with Gasteiger partial charge >= 0.3 is 6.03 Å². The number of rotatable bonds is 6. The molecule has 0 radical (unpaired) electrons. The number of ether oxygens (including phenoxy) is 1. The van der Waals surface area contributed by atoms with Crippen molar-refractivity contribution in [3.8, 4) is 5.75 Å². The number of para-hydroxylation sites is 2. The highest BCUT2D eigenvalue weighted by Crippen LogP contribution is 2.23. The van der Waals surface area contributed by atoms with Gasteiger partial charge in [-0.2, -0.15) is 0 Å². The number of carbonyl (C=O) groups is 3. The maximum atomic E-state index is 12.6. The Morgan fingerprint density at radius 3 is 2.43 bits per heavy atom. The van der Waals surface area contributed by atoms with Crippen LogP contribution in [0.2, 0.25) is 0 Å².